The van der Waals surface area contributed by atoms with Crippen LogP contribution in [0.4, 0.5) is 8.78 Å². The van der Waals surface area contributed by atoms with Crippen LogP contribution in [0.1, 0.15) is 33.3 Å². The third-order valence-electron chi connectivity index (χ3n) is 1.69. The summed E-state index contributed by atoms with van der Waals surface area (Å²) < 4.78 is 24.5. The number of rotatable bonds is 0. The van der Waals surface area contributed by atoms with Gasteiger partial charge in [0.2, 0.25) is 0 Å². The molecule has 19 heavy (non-hydrogen) atoms. The standard InChI is InChI=1S/C7H6F2.C5H5N.2C2H6/c1-5-4-6(8)2-3-7(5)9;1-2-4-6-5-3-1;2*1-2/h2-4H,1H3;1-5H;2*1-2H3. The lowest BCUT2D eigenvalue weighted by Crippen LogP contribution is -1.81. The number of nitrogens with zero attached hydrogens (tertiary/aromatic N) is 1. The molecule has 3 heteroatoms. The molecule has 1 aromatic carbocycles. The fraction of sp³-hybridized carbons (Fsp3) is 0.312. The van der Waals surface area contributed by atoms with E-state index in [-0.39, 0.29) is 5.82 Å². The van der Waals surface area contributed by atoms with Gasteiger partial charge >= 0.3 is 0 Å². The Morgan fingerprint density at radius 2 is 1.37 bits per heavy atom. The Balaban J connectivity index is 0. The van der Waals surface area contributed by atoms with E-state index in [1.807, 2.05) is 45.9 Å². The Bertz CT molecular complexity index is 376. The zero-order valence-corrected chi connectivity index (χ0v) is 12.3. The molecule has 1 aromatic heterocycles. The van der Waals surface area contributed by atoms with E-state index in [4.69, 9.17) is 0 Å². The van der Waals surface area contributed by atoms with E-state index < -0.39 is 5.82 Å². The van der Waals surface area contributed by atoms with E-state index in [1.165, 1.54) is 6.92 Å². The normalized spacial score (nSPS) is 7.74. The summed E-state index contributed by atoms with van der Waals surface area (Å²) in [6.45, 7) is 9.53. The lowest BCUT2D eigenvalue weighted by Gasteiger charge is -1.92. The minimum absolute atomic E-state index is 0.343. The van der Waals surface area contributed by atoms with Crippen LogP contribution in [0.3, 0.4) is 0 Å². The molecule has 0 N–H and O–H groups in total. The maximum Gasteiger partial charge on any atom is 0.126 e. The van der Waals surface area contributed by atoms with Crippen LogP contribution in [0, 0.1) is 18.6 Å². The smallest absolute Gasteiger partial charge is 0.126 e. The van der Waals surface area contributed by atoms with Crippen molar-refractivity contribution in [3.8, 4) is 0 Å². The number of hydrogen-bond acceptors (Lipinski definition) is 1. The molecule has 0 aliphatic heterocycles. The van der Waals surface area contributed by atoms with E-state index in [1.54, 1.807) is 12.4 Å². The fourth-order valence-corrected chi connectivity index (χ4v) is 0.921. The third kappa shape index (κ3) is 11.1. The second-order valence-electron chi connectivity index (χ2n) is 2.92. The highest BCUT2D eigenvalue weighted by Gasteiger charge is 1.95. The molecule has 0 aliphatic carbocycles. The van der Waals surface area contributed by atoms with Gasteiger partial charge in [-0.3, -0.25) is 4.98 Å². The van der Waals surface area contributed by atoms with Crippen molar-refractivity contribution in [3.63, 3.8) is 0 Å². The Hall–Kier alpha value is -1.77. The summed E-state index contributed by atoms with van der Waals surface area (Å²) in [4.78, 5) is 3.78. The molecule has 0 amide bonds. The summed E-state index contributed by atoms with van der Waals surface area (Å²) in [7, 11) is 0. The quantitative estimate of drug-likeness (QED) is 0.622. The van der Waals surface area contributed by atoms with E-state index >= 15 is 0 Å². The Morgan fingerprint density at radius 3 is 1.63 bits per heavy atom. The zero-order chi connectivity index (χ0) is 15.1. The molecule has 0 unspecified atom stereocenters. The summed E-state index contributed by atoms with van der Waals surface area (Å²) in [5.74, 6) is -0.759. The zero-order valence-electron chi connectivity index (χ0n) is 12.3. The van der Waals surface area contributed by atoms with E-state index in [2.05, 4.69) is 4.98 Å². The van der Waals surface area contributed by atoms with E-state index in [0.29, 0.717) is 5.56 Å². The van der Waals surface area contributed by atoms with Gasteiger partial charge in [0.25, 0.3) is 0 Å². The number of aryl methyl sites for hydroxylation is 1. The summed E-state index contributed by atoms with van der Waals surface area (Å²) in [5.41, 5.74) is 0.343. The van der Waals surface area contributed by atoms with Crippen LogP contribution in [0.2, 0.25) is 0 Å². The predicted molar refractivity (Wildman–Crippen MR) is 78.0 cm³/mol. The van der Waals surface area contributed by atoms with Crippen molar-refractivity contribution in [2.24, 2.45) is 0 Å². The van der Waals surface area contributed by atoms with Crippen LogP contribution in [0.5, 0.6) is 0 Å². The molecule has 2 rings (SSSR count). The van der Waals surface area contributed by atoms with Gasteiger partial charge in [0.15, 0.2) is 0 Å². The Labute approximate surface area is 115 Å². The van der Waals surface area contributed by atoms with Crippen LogP contribution in [0.25, 0.3) is 0 Å². The van der Waals surface area contributed by atoms with E-state index in [9.17, 15) is 8.78 Å². The van der Waals surface area contributed by atoms with Gasteiger partial charge in [-0.05, 0) is 42.8 Å². The minimum Gasteiger partial charge on any atom is -0.265 e. The summed E-state index contributed by atoms with van der Waals surface area (Å²) in [6.07, 6.45) is 3.50. The molecule has 0 saturated heterocycles. The van der Waals surface area contributed by atoms with E-state index in [0.717, 1.165) is 18.2 Å². The second-order valence-corrected chi connectivity index (χ2v) is 2.92. The van der Waals surface area contributed by atoms with Gasteiger partial charge in [0, 0.05) is 12.4 Å². The molecule has 106 valence electrons. The second kappa shape index (κ2) is 14.3. The molecule has 0 bridgehead atoms. The van der Waals surface area contributed by atoms with Crippen molar-refractivity contribution in [1.82, 2.24) is 4.98 Å². The number of benzene rings is 1. The van der Waals surface area contributed by atoms with Gasteiger partial charge in [-0.25, -0.2) is 8.78 Å². The topological polar surface area (TPSA) is 12.9 Å². The van der Waals surface area contributed by atoms with Crippen LogP contribution in [0.15, 0.2) is 48.8 Å². The van der Waals surface area contributed by atoms with Crippen LogP contribution < -0.4 is 0 Å². The Morgan fingerprint density at radius 1 is 0.842 bits per heavy atom. The molecule has 1 nitrogen and oxygen atoms in total. The van der Waals surface area contributed by atoms with Crippen molar-refractivity contribution >= 4 is 0 Å². The maximum atomic E-state index is 12.3. The van der Waals surface area contributed by atoms with Gasteiger partial charge in [-0.1, -0.05) is 33.8 Å². The van der Waals surface area contributed by atoms with Gasteiger partial charge in [-0.15, -0.1) is 0 Å². The molecule has 0 fully saturated rings. The van der Waals surface area contributed by atoms with Gasteiger partial charge < -0.3 is 0 Å². The number of hydrogen-bond donors (Lipinski definition) is 0. The fourth-order valence-electron chi connectivity index (χ4n) is 0.921. The van der Waals surface area contributed by atoms with Crippen molar-refractivity contribution in [2.75, 3.05) is 0 Å². The summed E-state index contributed by atoms with van der Waals surface area (Å²) in [6, 6.07) is 9.09. The molecule has 0 atom stereocenters. The molecular weight excluding hydrogens is 244 g/mol. The lowest BCUT2D eigenvalue weighted by atomic mass is 10.2. The Kier molecular flexibility index (Phi) is 14.7. The van der Waals surface area contributed by atoms with Crippen molar-refractivity contribution in [3.05, 3.63) is 66.0 Å². The van der Waals surface area contributed by atoms with Crippen LogP contribution in [-0.4, -0.2) is 4.98 Å². The molecule has 0 radical (unpaired) electrons. The van der Waals surface area contributed by atoms with Gasteiger partial charge in [0.1, 0.15) is 11.6 Å². The van der Waals surface area contributed by atoms with Gasteiger partial charge in [0.05, 0.1) is 0 Å². The molecule has 2 aromatic rings. The van der Waals surface area contributed by atoms with Crippen molar-refractivity contribution < 1.29 is 8.78 Å². The SMILES string of the molecule is CC.CC.Cc1cc(F)ccc1F.c1ccncc1. The van der Waals surface area contributed by atoms with Crippen LogP contribution >= 0.6 is 0 Å². The molecule has 0 aliphatic rings. The average Bonchev–Trinajstić information content (AvgIpc) is 2.50. The first-order chi connectivity index (χ1) is 9.20. The van der Waals surface area contributed by atoms with Gasteiger partial charge in [-0.2, -0.15) is 0 Å². The van der Waals surface area contributed by atoms with Crippen molar-refractivity contribution in [2.45, 2.75) is 34.6 Å². The molecule has 0 spiro atoms. The minimum atomic E-state index is -0.395. The average molecular weight is 267 g/mol. The summed E-state index contributed by atoms with van der Waals surface area (Å²) in [5, 5.41) is 0. The number of aromatic nitrogens is 1. The first kappa shape index (κ1) is 19.6. The van der Waals surface area contributed by atoms with Crippen molar-refractivity contribution in [1.29, 1.82) is 0 Å². The number of pyridine rings is 1. The maximum absolute atomic E-state index is 12.3. The van der Waals surface area contributed by atoms with Crippen LogP contribution in [-0.2, 0) is 0 Å². The highest BCUT2D eigenvalue weighted by Crippen LogP contribution is 2.06. The summed E-state index contributed by atoms with van der Waals surface area (Å²) >= 11 is 0. The first-order valence-corrected chi connectivity index (χ1v) is 6.47. The lowest BCUT2D eigenvalue weighted by molar-refractivity contribution is 0.592. The third-order valence-corrected chi connectivity index (χ3v) is 1.69. The monoisotopic (exact) mass is 267 g/mol. The molecular formula is C16H23F2N. The number of halogens is 2. The first-order valence-electron chi connectivity index (χ1n) is 6.47. The highest BCUT2D eigenvalue weighted by atomic mass is 19.1. The largest absolute Gasteiger partial charge is 0.265 e. The predicted octanol–water partition coefficient (Wildman–Crippen LogP) is 5.41. The highest BCUT2D eigenvalue weighted by molar-refractivity contribution is 5.16. The molecule has 0 saturated carbocycles. The molecule has 1 heterocycles.